The van der Waals surface area contributed by atoms with Crippen LogP contribution < -0.4 is 5.32 Å². The molecule has 4 nitrogen and oxygen atoms in total. The van der Waals surface area contributed by atoms with E-state index in [-0.39, 0.29) is 12.3 Å². The third-order valence-corrected chi connectivity index (χ3v) is 4.39. The van der Waals surface area contributed by atoms with Crippen LogP contribution in [0.1, 0.15) is 32.1 Å². The van der Waals surface area contributed by atoms with Crippen molar-refractivity contribution in [3.8, 4) is 0 Å². The Morgan fingerprint density at radius 1 is 1.42 bits per heavy atom. The summed E-state index contributed by atoms with van der Waals surface area (Å²) in [6.45, 7) is 0. The molecule has 1 aromatic carbocycles. The van der Waals surface area contributed by atoms with Crippen LogP contribution in [-0.2, 0) is 15.6 Å². The maximum Gasteiger partial charge on any atom is 0.227 e. The van der Waals surface area contributed by atoms with Crippen LogP contribution in [0.3, 0.4) is 0 Å². The summed E-state index contributed by atoms with van der Waals surface area (Å²) < 4.78 is 11.4. The van der Waals surface area contributed by atoms with Crippen molar-refractivity contribution in [1.82, 2.24) is 0 Å². The quantitative estimate of drug-likeness (QED) is 0.887. The number of benzene rings is 1. The lowest BCUT2D eigenvalue weighted by molar-refractivity contribution is -0.120. The Hall–Kier alpha value is -1.20. The van der Waals surface area contributed by atoms with Crippen molar-refractivity contribution in [3.63, 3.8) is 0 Å². The van der Waals surface area contributed by atoms with Gasteiger partial charge in [-0.3, -0.25) is 9.00 Å². The van der Waals surface area contributed by atoms with E-state index in [9.17, 15) is 14.1 Å². The summed E-state index contributed by atoms with van der Waals surface area (Å²) >= 11 is 0. The number of hydrogen-bond acceptors (Lipinski definition) is 3. The summed E-state index contributed by atoms with van der Waals surface area (Å²) in [5.74, 6) is -0.191. The highest BCUT2D eigenvalue weighted by molar-refractivity contribution is 7.84. The molecule has 0 spiro atoms. The summed E-state index contributed by atoms with van der Waals surface area (Å²) in [6, 6.07) is 6.98. The van der Waals surface area contributed by atoms with Gasteiger partial charge in [0.1, 0.15) is 0 Å². The molecule has 104 valence electrons. The third kappa shape index (κ3) is 3.88. The molecule has 1 amide bonds. The number of hydrogen-bond donors (Lipinski definition) is 2. The monoisotopic (exact) mass is 281 g/mol. The molecule has 0 radical (unpaired) electrons. The van der Waals surface area contributed by atoms with E-state index in [1.807, 2.05) is 0 Å². The minimum Gasteiger partial charge on any atom is -0.389 e. The van der Waals surface area contributed by atoms with Crippen molar-refractivity contribution >= 4 is 22.4 Å². The predicted molar refractivity (Wildman–Crippen MR) is 75.4 cm³/mol. The van der Waals surface area contributed by atoms with Crippen LogP contribution >= 0.6 is 0 Å². The first kappa shape index (κ1) is 14.2. The molecular formula is C14H19NO3S. The van der Waals surface area contributed by atoms with Crippen LogP contribution in [0.15, 0.2) is 29.2 Å². The van der Waals surface area contributed by atoms with E-state index in [4.69, 9.17) is 0 Å². The molecule has 1 unspecified atom stereocenters. The minimum atomic E-state index is -1.07. The van der Waals surface area contributed by atoms with E-state index < -0.39 is 16.4 Å². The highest BCUT2D eigenvalue weighted by Gasteiger charge is 2.33. The van der Waals surface area contributed by atoms with Crippen LogP contribution in [0.2, 0.25) is 0 Å². The minimum absolute atomic E-state index is 0.131. The normalized spacial score (nSPS) is 19.1. The lowest BCUT2D eigenvalue weighted by Crippen LogP contribution is -2.30. The van der Waals surface area contributed by atoms with Gasteiger partial charge in [-0.05, 0) is 31.0 Å². The fraction of sp³-hybridized carbons (Fsp3) is 0.500. The molecule has 0 saturated heterocycles. The van der Waals surface area contributed by atoms with Crippen LogP contribution in [0.5, 0.6) is 0 Å². The van der Waals surface area contributed by atoms with Crippen molar-refractivity contribution in [1.29, 1.82) is 0 Å². The van der Waals surface area contributed by atoms with E-state index in [1.54, 1.807) is 30.5 Å². The Bertz CT molecular complexity index is 495. The first-order valence-corrected chi connectivity index (χ1v) is 8.00. The Labute approximate surface area is 115 Å². The molecule has 5 heteroatoms. The highest BCUT2D eigenvalue weighted by Crippen LogP contribution is 2.32. The zero-order chi connectivity index (χ0) is 13.9. The maximum atomic E-state index is 11.9. The number of carbonyl (C=O) groups is 1. The average Bonchev–Trinajstić information content (AvgIpc) is 2.75. The number of anilines is 1. The van der Waals surface area contributed by atoms with Crippen molar-refractivity contribution < 1.29 is 14.1 Å². The van der Waals surface area contributed by atoms with Crippen LogP contribution in [0.25, 0.3) is 0 Å². The molecule has 1 fully saturated rings. The van der Waals surface area contributed by atoms with Gasteiger partial charge >= 0.3 is 0 Å². The average molecular weight is 281 g/mol. The summed E-state index contributed by atoms with van der Waals surface area (Å²) in [4.78, 5) is 12.6. The number of rotatable bonds is 4. The summed E-state index contributed by atoms with van der Waals surface area (Å²) in [6.07, 6.45) is 5.08. The second kappa shape index (κ2) is 5.84. The number of amides is 1. The Balaban J connectivity index is 1.98. The van der Waals surface area contributed by atoms with E-state index in [0.29, 0.717) is 23.4 Å². The molecular weight excluding hydrogens is 262 g/mol. The van der Waals surface area contributed by atoms with E-state index in [0.717, 1.165) is 12.8 Å². The van der Waals surface area contributed by atoms with Gasteiger partial charge in [0.2, 0.25) is 5.91 Å². The van der Waals surface area contributed by atoms with Gasteiger partial charge in [-0.15, -0.1) is 0 Å². The molecule has 1 aliphatic rings. The van der Waals surface area contributed by atoms with Gasteiger partial charge in [0.05, 0.1) is 12.0 Å². The third-order valence-electron chi connectivity index (χ3n) is 3.47. The molecule has 1 saturated carbocycles. The molecule has 1 atom stereocenters. The van der Waals surface area contributed by atoms with E-state index in [1.165, 1.54) is 0 Å². The summed E-state index contributed by atoms with van der Waals surface area (Å²) in [7, 11) is -1.07. The molecule has 1 aliphatic carbocycles. The van der Waals surface area contributed by atoms with Crippen LogP contribution in [-0.4, -0.2) is 27.1 Å². The molecule has 0 aliphatic heterocycles. The molecule has 2 rings (SSSR count). The van der Waals surface area contributed by atoms with Crippen LogP contribution in [0.4, 0.5) is 5.69 Å². The van der Waals surface area contributed by atoms with Gasteiger partial charge in [0.15, 0.2) is 0 Å². The van der Waals surface area contributed by atoms with Crippen LogP contribution in [0, 0.1) is 0 Å². The van der Waals surface area contributed by atoms with Crippen molar-refractivity contribution in [3.05, 3.63) is 24.3 Å². The molecule has 0 heterocycles. The fourth-order valence-corrected chi connectivity index (χ4v) is 3.03. The lowest BCUT2D eigenvalue weighted by atomic mass is 9.97. The summed E-state index contributed by atoms with van der Waals surface area (Å²) in [5, 5.41) is 12.9. The number of aliphatic hydroxyl groups is 1. The van der Waals surface area contributed by atoms with Crippen molar-refractivity contribution in [2.45, 2.75) is 42.6 Å². The smallest absolute Gasteiger partial charge is 0.227 e. The summed E-state index contributed by atoms with van der Waals surface area (Å²) in [5.41, 5.74) is -0.214. The number of carbonyl (C=O) groups excluding carboxylic acids is 1. The zero-order valence-corrected chi connectivity index (χ0v) is 11.8. The Kier molecular flexibility index (Phi) is 4.37. The molecule has 1 aromatic rings. The fourth-order valence-electron chi connectivity index (χ4n) is 2.47. The van der Waals surface area contributed by atoms with Crippen molar-refractivity contribution in [2.24, 2.45) is 0 Å². The van der Waals surface area contributed by atoms with E-state index >= 15 is 0 Å². The van der Waals surface area contributed by atoms with E-state index in [2.05, 4.69) is 5.32 Å². The van der Waals surface area contributed by atoms with Gasteiger partial charge in [0, 0.05) is 27.6 Å². The molecule has 0 bridgehead atoms. The maximum absolute atomic E-state index is 11.9. The standard InChI is InChI=1S/C14H19NO3S/c1-19(18)12-6-4-5-11(9-12)15-13(16)10-14(17)7-2-3-8-14/h4-6,9,17H,2-3,7-8,10H2,1H3,(H,15,16). The second-order valence-corrected chi connectivity index (χ2v) is 6.52. The molecule has 0 aromatic heterocycles. The Morgan fingerprint density at radius 3 is 2.74 bits per heavy atom. The van der Waals surface area contributed by atoms with Gasteiger partial charge in [-0.25, -0.2) is 0 Å². The van der Waals surface area contributed by atoms with Gasteiger partial charge in [-0.1, -0.05) is 18.9 Å². The van der Waals surface area contributed by atoms with Gasteiger partial charge < -0.3 is 10.4 Å². The topological polar surface area (TPSA) is 66.4 Å². The SMILES string of the molecule is CS(=O)c1cccc(NC(=O)CC2(O)CCCC2)c1. The lowest BCUT2D eigenvalue weighted by Gasteiger charge is -2.21. The first-order chi connectivity index (χ1) is 8.98. The Morgan fingerprint density at radius 2 is 2.11 bits per heavy atom. The zero-order valence-electron chi connectivity index (χ0n) is 11.0. The largest absolute Gasteiger partial charge is 0.389 e. The van der Waals surface area contributed by atoms with Gasteiger partial charge in [0.25, 0.3) is 0 Å². The number of nitrogens with one attached hydrogen (secondary N) is 1. The van der Waals surface area contributed by atoms with Crippen molar-refractivity contribution in [2.75, 3.05) is 11.6 Å². The molecule has 2 N–H and O–H groups in total. The highest BCUT2D eigenvalue weighted by atomic mass is 32.2. The molecule has 19 heavy (non-hydrogen) atoms. The first-order valence-electron chi connectivity index (χ1n) is 6.44. The predicted octanol–water partition coefficient (Wildman–Crippen LogP) is 2.06. The second-order valence-electron chi connectivity index (χ2n) is 5.14. The van der Waals surface area contributed by atoms with Gasteiger partial charge in [-0.2, -0.15) is 0 Å².